The Hall–Kier alpha value is -1.34. The number of carbonyl (C=O) groups is 1. The summed E-state index contributed by atoms with van der Waals surface area (Å²) < 4.78 is 2.64. The molecule has 0 spiro atoms. The van der Waals surface area contributed by atoms with Crippen LogP contribution in [0.1, 0.15) is 35.4 Å². The molecule has 2 aromatic heterocycles. The molecule has 0 aliphatic heterocycles. The van der Waals surface area contributed by atoms with Crippen molar-refractivity contribution in [1.82, 2.24) is 20.1 Å². The summed E-state index contributed by atoms with van der Waals surface area (Å²) >= 11 is 3.03. The second-order valence-electron chi connectivity index (χ2n) is 4.08. The molecule has 0 aromatic carbocycles. The minimum Gasteiger partial charge on any atom is -0.344 e. The zero-order chi connectivity index (χ0) is 13.8. The second-order valence-corrected chi connectivity index (χ2v) is 6.00. The maximum atomic E-state index is 12.1. The van der Waals surface area contributed by atoms with E-state index in [0.29, 0.717) is 5.69 Å². The van der Waals surface area contributed by atoms with Crippen LogP contribution in [0.15, 0.2) is 22.1 Å². The average molecular weight is 296 g/mol. The summed E-state index contributed by atoms with van der Waals surface area (Å²) in [6.07, 6.45) is 6.47. The van der Waals surface area contributed by atoms with E-state index in [9.17, 15) is 4.79 Å². The van der Waals surface area contributed by atoms with Crippen molar-refractivity contribution in [2.75, 3.05) is 6.26 Å². The monoisotopic (exact) mass is 296 g/mol. The molecule has 102 valence electrons. The molecule has 0 fully saturated rings. The lowest BCUT2D eigenvalue weighted by Gasteiger charge is -2.14. The maximum Gasteiger partial charge on any atom is 0.271 e. The van der Waals surface area contributed by atoms with Crippen LogP contribution in [-0.4, -0.2) is 26.9 Å². The Balaban J connectivity index is 2.08. The predicted octanol–water partition coefficient (Wildman–Crippen LogP) is 2.48. The highest BCUT2D eigenvalue weighted by Gasteiger charge is 2.17. The fourth-order valence-electron chi connectivity index (χ4n) is 1.73. The highest BCUT2D eigenvalue weighted by Crippen LogP contribution is 2.21. The molecule has 0 bridgehead atoms. The van der Waals surface area contributed by atoms with Crippen molar-refractivity contribution < 1.29 is 4.79 Å². The van der Waals surface area contributed by atoms with Gasteiger partial charge in [-0.15, -0.1) is 11.3 Å². The molecule has 2 rings (SSSR count). The van der Waals surface area contributed by atoms with Crippen LogP contribution in [0.25, 0.3) is 0 Å². The van der Waals surface area contributed by atoms with Gasteiger partial charge in [0.05, 0.1) is 12.2 Å². The van der Waals surface area contributed by atoms with Gasteiger partial charge in [0, 0.05) is 24.2 Å². The molecule has 0 aliphatic carbocycles. The van der Waals surface area contributed by atoms with Gasteiger partial charge >= 0.3 is 0 Å². The van der Waals surface area contributed by atoms with Crippen LogP contribution < -0.4 is 5.32 Å². The zero-order valence-corrected chi connectivity index (χ0v) is 12.7. The maximum absolute atomic E-state index is 12.1. The fraction of sp³-hybridized carbons (Fsp3) is 0.417. The van der Waals surface area contributed by atoms with Crippen molar-refractivity contribution in [1.29, 1.82) is 0 Å². The van der Waals surface area contributed by atoms with Crippen LogP contribution in [-0.2, 0) is 7.05 Å². The van der Waals surface area contributed by atoms with Gasteiger partial charge in [0.1, 0.15) is 10.0 Å². The van der Waals surface area contributed by atoms with Crippen molar-refractivity contribution in [2.24, 2.45) is 7.05 Å². The number of amides is 1. The molecule has 7 heteroatoms. The number of nitrogens with one attached hydrogen (secondary N) is 1. The van der Waals surface area contributed by atoms with Gasteiger partial charge in [0.2, 0.25) is 0 Å². The topological polar surface area (TPSA) is 59.8 Å². The number of thiazole rings is 1. The quantitative estimate of drug-likeness (QED) is 0.861. The summed E-state index contributed by atoms with van der Waals surface area (Å²) in [5.74, 6) is -0.132. The number of aryl methyl sites for hydroxylation is 1. The van der Waals surface area contributed by atoms with E-state index in [-0.39, 0.29) is 11.9 Å². The molecule has 2 heterocycles. The van der Waals surface area contributed by atoms with Crippen molar-refractivity contribution in [2.45, 2.75) is 23.7 Å². The van der Waals surface area contributed by atoms with Gasteiger partial charge in [-0.1, -0.05) is 18.7 Å². The largest absolute Gasteiger partial charge is 0.344 e. The number of nitrogens with zero attached hydrogens (tertiary/aromatic N) is 3. The predicted molar refractivity (Wildman–Crippen MR) is 77.6 cm³/mol. The fourth-order valence-corrected chi connectivity index (χ4v) is 2.97. The van der Waals surface area contributed by atoms with Gasteiger partial charge in [0.25, 0.3) is 5.91 Å². The van der Waals surface area contributed by atoms with Crippen molar-refractivity contribution in [3.8, 4) is 0 Å². The third kappa shape index (κ3) is 3.36. The lowest BCUT2D eigenvalue weighted by atomic mass is 10.1. The number of hydrogen-bond donors (Lipinski definition) is 1. The molecular formula is C12H16N4OS2. The molecule has 0 aliphatic rings. The summed E-state index contributed by atoms with van der Waals surface area (Å²) in [5, 5.41) is 8.91. The van der Waals surface area contributed by atoms with Crippen LogP contribution in [0.5, 0.6) is 0 Å². The average Bonchev–Trinajstić information content (AvgIpc) is 3.04. The SMILES string of the molecule is CC[C@H](NC(=O)c1csc(SC)n1)c1cnn(C)c1. The summed E-state index contributed by atoms with van der Waals surface area (Å²) in [5.41, 5.74) is 1.50. The highest BCUT2D eigenvalue weighted by atomic mass is 32.2. The molecule has 0 saturated heterocycles. The van der Waals surface area contributed by atoms with Crippen LogP contribution in [0, 0.1) is 0 Å². The van der Waals surface area contributed by atoms with E-state index in [2.05, 4.69) is 15.4 Å². The Bertz CT molecular complexity index is 564. The normalized spacial score (nSPS) is 12.4. The van der Waals surface area contributed by atoms with Gasteiger partial charge in [-0.2, -0.15) is 5.10 Å². The third-order valence-corrected chi connectivity index (χ3v) is 4.59. The molecule has 0 saturated carbocycles. The van der Waals surface area contributed by atoms with Gasteiger partial charge in [0.15, 0.2) is 0 Å². The Morgan fingerprint density at radius 1 is 1.63 bits per heavy atom. The standard InChI is InChI=1S/C12H16N4OS2/c1-4-9(8-5-13-16(2)6-8)14-11(17)10-7-19-12(15-10)18-3/h5-7,9H,4H2,1-3H3,(H,14,17)/t9-/m0/s1. The Kier molecular flexibility index (Phi) is 4.60. The summed E-state index contributed by atoms with van der Waals surface area (Å²) in [6, 6.07) is -0.0272. The Morgan fingerprint density at radius 3 is 2.95 bits per heavy atom. The first-order chi connectivity index (χ1) is 9.13. The minimum atomic E-state index is -0.132. The smallest absolute Gasteiger partial charge is 0.271 e. The molecule has 1 amide bonds. The van der Waals surface area contributed by atoms with Crippen molar-refractivity contribution >= 4 is 29.0 Å². The molecule has 5 nitrogen and oxygen atoms in total. The first-order valence-electron chi connectivity index (χ1n) is 5.93. The molecule has 1 N–H and O–H groups in total. The van der Waals surface area contributed by atoms with Gasteiger partial charge in [-0.3, -0.25) is 9.48 Å². The molecular weight excluding hydrogens is 280 g/mol. The summed E-state index contributed by atoms with van der Waals surface area (Å²) in [4.78, 5) is 16.4. The van der Waals surface area contributed by atoms with E-state index in [1.54, 1.807) is 28.0 Å². The van der Waals surface area contributed by atoms with Crippen molar-refractivity contribution in [3.05, 3.63) is 29.0 Å². The van der Waals surface area contributed by atoms with Gasteiger partial charge in [-0.25, -0.2) is 4.98 Å². The lowest BCUT2D eigenvalue weighted by Crippen LogP contribution is -2.28. The van der Waals surface area contributed by atoms with Gasteiger partial charge in [-0.05, 0) is 12.7 Å². The lowest BCUT2D eigenvalue weighted by molar-refractivity contribution is 0.0931. The van der Waals surface area contributed by atoms with Gasteiger partial charge < -0.3 is 5.32 Å². The zero-order valence-electron chi connectivity index (χ0n) is 11.1. The molecule has 1 atom stereocenters. The number of aromatic nitrogens is 3. The number of thioether (sulfide) groups is 1. The molecule has 0 unspecified atom stereocenters. The van der Waals surface area contributed by atoms with E-state index in [4.69, 9.17) is 0 Å². The van der Waals surface area contributed by atoms with Crippen LogP contribution >= 0.6 is 23.1 Å². The number of carbonyl (C=O) groups excluding carboxylic acids is 1. The van der Waals surface area contributed by atoms with E-state index in [1.165, 1.54) is 11.3 Å². The first kappa shape index (κ1) is 14.1. The molecule has 0 radical (unpaired) electrons. The van der Waals surface area contributed by atoms with E-state index in [1.807, 2.05) is 26.4 Å². The highest BCUT2D eigenvalue weighted by molar-refractivity contribution is 8.00. The van der Waals surface area contributed by atoms with E-state index >= 15 is 0 Å². The third-order valence-electron chi connectivity index (χ3n) is 2.73. The minimum absolute atomic E-state index is 0.0272. The Morgan fingerprint density at radius 2 is 2.42 bits per heavy atom. The van der Waals surface area contributed by atoms with E-state index < -0.39 is 0 Å². The van der Waals surface area contributed by atoms with Crippen LogP contribution in [0.2, 0.25) is 0 Å². The molecule has 19 heavy (non-hydrogen) atoms. The second kappa shape index (κ2) is 6.21. The summed E-state index contributed by atoms with van der Waals surface area (Å²) in [6.45, 7) is 2.03. The Labute approximate surface area is 120 Å². The number of hydrogen-bond acceptors (Lipinski definition) is 5. The van der Waals surface area contributed by atoms with Crippen LogP contribution in [0.3, 0.4) is 0 Å². The number of rotatable bonds is 5. The first-order valence-corrected chi connectivity index (χ1v) is 8.03. The van der Waals surface area contributed by atoms with Crippen molar-refractivity contribution in [3.63, 3.8) is 0 Å². The summed E-state index contributed by atoms with van der Waals surface area (Å²) in [7, 11) is 1.86. The van der Waals surface area contributed by atoms with Crippen LogP contribution in [0.4, 0.5) is 0 Å². The molecule has 2 aromatic rings. The van der Waals surface area contributed by atoms with E-state index in [0.717, 1.165) is 16.3 Å².